The van der Waals surface area contributed by atoms with E-state index in [2.05, 4.69) is 23.7 Å². The summed E-state index contributed by atoms with van der Waals surface area (Å²) in [5.74, 6) is 10.2. The molecule has 4 rings (SSSR count). The fourth-order valence-corrected chi connectivity index (χ4v) is 3.35. The molecule has 4 aromatic carbocycles. The molecule has 0 amide bonds. The maximum Gasteiger partial charge on any atom is 0.335 e. The second-order valence-electron chi connectivity index (χ2n) is 7.36. The summed E-state index contributed by atoms with van der Waals surface area (Å²) in [6, 6.07) is 28.2. The minimum absolute atomic E-state index is 0.111. The second-order valence-corrected chi connectivity index (χ2v) is 7.36. The van der Waals surface area contributed by atoms with Crippen LogP contribution >= 0.6 is 0 Å². The Bertz CT molecular complexity index is 1380. The minimum atomic E-state index is -1.06. The summed E-state index contributed by atoms with van der Waals surface area (Å²) in [5.41, 5.74) is 4.16. The van der Waals surface area contributed by atoms with Crippen molar-refractivity contribution in [2.24, 2.45) is 0 Å². The van der Waals surface area contributed by atoms with E-state index in [1.807, 2.05) is 60.7 Å². The fourth-order valence-electron chi connectivity index (χ4n) is 3.35. The summed E-state index contributed by atoms with van der Waals surface area (Å²) in [6.07, 6.45) is 0. The van der Waals surface area contributed by atoms with Gasteiger partial charge in [0, 0.05) is 22.3 Å². The van der Waals surface area contributed by atoms with Crippen LogP contribution in [0, 0.1) is 23.7 Å². The van der Waals surface area contributed by atoms with Gasteiger partial charge in [-0.2, -0.15) is 0 Å². The molecule has 162 valence electrons. The van der Waals surface area contributed by atoms with Crippen LogP contribution in [0.1, 0.15) is 43.0 Å². The molecule has 0 unspecified atom stereocenters. The van der Waals surface area contributed by atoms with Crippen molar-refractivity contribution in [1.29, 1.82) is 0 Å². The smallest absolute Gasteiger partial charge is 0.335 e. The predicted molar refractivity (Wildman–Crippen MR) is 131 cm³/mol. The topological polar surface area (TPSA) is 74.6 Å². The third-order valence-electron chi connectivity index (χ3n) is 5.05. The van der Waals surface area contributed by atoms with Gasteiger partial charge >= 0.3 is 11.9 Å². The summed E-state index contributed by atoms with van der Waals surface area (Å²) in [6.45, 7) is 0. The highest BCUT2D eigenvalue weighted by Crippen LogP contribution is 2.29. The summed E-state index contributed by atoms with van der Waals surface area (Å²) < 4.78 is 0. The zero-order valence-corrected chi connectivity index (χ0v) is 17.9. The van der Waals surface area contributed by atoms with Crippen molar-refractivity contribution in [1.82, 2.24) is 0 Å². The molecule has 0 saturated carbocycles. The molecule has 0 aliphatic heterocycles. The Labute approximate surface area is 197 Å². The van der Waals surface area contributed by atoms with E-state index >= 15 is 0 Å². The Morgan fingerprint density at radius 3 is 1.24 bits per heavy atom. The van der Waals surface area contributed by atoms with Crippen LogP contribution < -0.4 is 0 Å². The third kappa shape index (κ3) is 5.22. The Hall–Kier alpha value is -5.06. The van der Waals surface area contributed by atoms with Gasteiger partial charge in [0.15, 0.2) is 0 Å². The van der Waals surface area contributed by atoms with Gasteiger partial charge in [0.05, 0.1) is 11.1 Å². The van der Waals surface area contributed by atoms with Crippen LogP contribution in [0.2, 0.25) is 0 Å². The average Bonchev–Trinajstić information content (AvgIpc) is 2.87. The molecule has 0 aliphatic carbocycles. The van der Waals surface area contributed by atoms with Gasteiger partial charge in [-0.1, -0.05) is 72.2 Å². The molecule has 4 aromatic rings. The van der Waals surface area contributed by atoms with E-state index in [9.17, 15) is 19.8 Å². The highest BCUT2D eigenvalue weighted by atomic mass is 16.4. The van der Waals surface area contributed by atoms with Crippen LogP contribution in [0.3, 0.4) is 0 Å². The van der Waals surface area contributed by atoms with Gasteiger partial charge < -0.3 is 10.2 Å². The molecule has 0 radical (unpaired) electrons. The molecular weight excluding hydrogens is 424 g/mol. The molecule has 2 N–H and O–H groups in total. The lowest BCUT2D eigenvalue weighted by Crippen LogP contribution is -2.00. The molecule has 0 aromatic heterocycles. The van der Waals surface area contributed by atoms with Gasteiger partial charge in [-0.25, -0.2) is 9.59 Å². The number of rotatable bonds is 3. The number of hydrogen-bond donors (Lipinski definition) is 2. The van der Waals surface area contributed by atoms with Crippen LogP contribution in [-0.4, -0.2) is 22.2 Å². The lowest BCUT2D eigenvalue weighted by atomic mass is 9.92. The standard InChI is InChI=1S/C30H18O4/c31-29(32)25-15-17-27(23(19-25)13-11-21-7-3-1-4-8-21)28-18-16-26(30(33)34)20-24(28)14-12-22-9-5-2-6-10-22/h1-10,15-20H,(H,31,32)(H,33,34). The van der Waals surface area contributed by atoms with Crippen LogP contribution in [0.25, 0.3) is 11.1 Å². The first-order chi connectivity index (χ1) is 16.5. The number of hydrogen-bond acceptors (Lipinski definition) is 2. The lowest BCUT2D eigenvalue weighted by molar-refractivity contribution is 0.0686. The quantitative estimate of drug-likeness (QED) is 0.408. The summed E-state index contributed by atoms with van der Waals surface area (Å²) in [5, 5.41) is 19.0. The normalized spacial score (nSPS) is 9.76. The summed E-state index contributed by atoms with van der Waals surface area (Å²) in [4.78, 5) is 23.2. The highest BCUT2D eigenvalue weighted by molar-refractivity contribution is 5.92. The monoisotopic (exact) mass is 442 g/mol. The lowest BCUT2D eigenvalue weighted by Gasteiger charge is -2.10. The van der Waals surface area contributed by atoms with Gasteiger partial charge in [-0.3, -0.25) is 0 Å². The predicted octanol–water partition coefficient (Wildman–Crippen LogP) is 5.55. The molecule has 0 saturated heterocycles. The molecule has 0 spiro atoms. The van der Waals surface area contributed by atoms with Gasteiger partial charge in [0.25, 0.3) is 0 Å². The van der Waals surface area contributed by atoms with Gasteiger partial charge in [-0.05, 0) is 59.7 Å². The van der Waals surface area contributed by atoms with E-state index in [4.69, 9.17) is 0 Å². The van der Waals surface area contributed by atoms with Crippen molar-refractivity contribution in [3.63, 3.8) is 0 Å². The van der Waals surface area contributed by atoms with Crippen molar-refractivity contribution >= 4 is 11.9 Å². The van der Waals surface area contributed by atoms with Crippen molar-refractivity contribution in [2.45, 2.75) is 0 Å². The first-order valence-electron chi connectivity index (χ1n) is 10.4. The number of carboxylic acids is 2. The molecule has 0 bridgehead atoms. The first kappa shape index (κ1) is 22.1. The van der Waals surface area contributed by atoms with Gasteiger partial charge in [0.1, 0.15) is 0 Å². The van der Waals surface area contributed by atoms with Crippen molar-refractivity contribution in [3.8, 4) is 34.8 Å². The molecular formula is C30H18O4. The number of benzene rings is 4. The van der Waals surface area contributed by atoms with E-state index in [1.165, 1.54) is 24.3 Å². The maximum absolute atomic E-state index is 11.6. The Morgan fingerprint density at radius 2 is 0.882 bits per heavy atom. The van der Waals surface area contributed by atoms with Gasteiger partial charge in [-0.15, -0.1) is 0 Å². The summed E-state index contributed by atoms with van der Waals surface area (Å²) in [7, 11) is 0. The number of carboxylic acid groups (broad SMARTS) is 2. The minimum Gasteiger partial charge on any atom is -0.478 e. The van der Waals surface area contributed by atoms with E-state index in [-0.39, 0.29) is 11.1 Å². The van der Waals surface area contributed by atoms with Crippen molar-refractivity contribution < 1.29 is 19.8 Å². The first-order valence-corrected chi connectivity index (χ1v) is 10.4. The summed E-state index contributed by atoms with van der Waals surface area (Å²) >= 11 is 0. The van der Waals surface area contributed by atoms with E-state index in [0.717, 1.165) is 11.1 Å². The van der Waals surface area contributed by atoms with Crippen LogP contribution in [-0.2, 0) is 0 Å². The maximum atomic E-state index is 11.6. The fraction of sp³-hybridized carbons (Fsp3) is 0. The SMILES string of the molecule is O=C(O)c1ccc(-c2ccc(C(=O)O)cc2C#Cc2ccccc2)c(C#Cc2ccccc2)c1. The molecule has 0 atom stereocenters. The Morgan fingerprint density at radius 1 is 0.500 bits per heavy atom. The zero-order valence-electron chi connectivity index (χ0n) is 17.9. The zero-order chi connectivity index (χ0) is 23.9. The number of aromatic carboxylic acids is 2. The van der Waals surface area contributed by atoms with Crippen LogP contribution in [0.5, 0.6) is 0 Å². The second kappa shape index (κ2) is 10.0. The molecule has 4 nitrogen and oxygen atoms in total. The van der Waals surface area contributed by atoms with Gasteiger partial charge in [0.2, 0.25) is 0 Å². The van der Waals surface area contributed by atoms with Crippen LogP contribution in [0.15, 0.2) is 97.1 Å². The number of carbonyl (C=O) groups is 2. The largest absolute Gasteiger partial charge is 0.478 e. The Kier molecular flexibility index (Phi) is 6.54. The van der Waals surface area contributed by atoms with E-state index in [1.54, 1.807) is 12.1 Å². The molecule has 0 fully saturated rings. The Balaban J connectivity index is 1.90. The average molecular weight is 442 g/mol. The molecule has 0 aliphatic rings. The van der Waals surface area contributed by atoms with E-state index in [0.29, 0.717) is 22.3 Å². The molecule has 0 heterocycles. The third-order valence-corrected chi connectivity index (χ3v) is 5.05. The highest BCUT2D eigenvalue weighted by Gasteiger charge is 2.14. The van der Waals surface area contributed by atoms with Crippen LogP contribution in [0.4, 0.5) is 0 Å². The van der Waals surface area contributed by atoms with Crippen molar-refractivity contribution in [3.05, 3.63) is 130 Å². The molecule has 34 heavy (non-hydrogen) atoms. The molecule has 4 heteroatoms. The van der Waals surface area contributed by atoms with E-state index < -0.39 is 11.9 Å². The van der Waals surface area contributed by atoms with Crippen molar-refractivity contribution in [2.75, 3.05) is 0 Å².